The molecule has 1 amide bonds. The summed E-state index contributed by atoms with van der Waals surface area (Å²) in [6.45, 7) is 2.70. The van der Waals surface area contributed by atoms with E-state index in [-0.39, 0.29) is 17.5 Å². The van der Waals surface area contributed by atoms with Gasteiger partial charge in [-0.3, -0.25) is 24.6 Å². The Kier molecular flexibility index (Phi) is 4.47. The number of hydrogen-bond donors (Lipinski definition) is 2. The fourth-order valence-corrected chi connectivity index (χ4v) is 4.08. The van der Waals surface area contributed by atoms with E-state index in [1.165, 1.54) is 18.2 Å². The summed E-state index contributed by atoms with van der Waals surface area (Å²) in [7, 11) is 0. The summed E-state index contributed by atoms with van der Waals surface area (Å²) in [5, 5.41) is 23.1. The van der Waals surface area contributed by atoms with Crippen molar-refractivity contribution < 1.29 is 19.6 Å². The van der Waals surface area contributed by atoms with Crippen molar-refractivity contribution in [3.8, 4) is 0 Å². The highest BCUT2D eigenvalue weighted by atomic mass is 16.6. The number of fused-ring (bicyclic) bond motifs is 1. The monoisotopic (exact) mass is 347 g/mol. The van der Waals surface area contributed by atoms with Gasteiger partial charge in [-0.05, 0) is 31.7 Å². The van der Waals surface area contributed by atoms with E-state index in [1.807, 2.05) is 4.90 Å². The van der Waals surface area contributed by atoms with Gasteiger partial charge in [-0.1, -0.05) is 12.5 Å². The number of anilines is 1. The largest absolute Gasteiger partial charge is 0.481 e. The van der Waals surface area contributed by atoms with Crippen molar-refractivity contribution in [2.45, 2.75) is 32.2 Å². The van der Waals surface area contributed by atoms with Gasteiger partial charge in [0.05, 0.1) is 16.4 Å². The first-order valence-electron chi connectivity index (χ1n) is 8.36. The zero-order chi connectivity index (χ0) is 18.2. The van der Waals surface area contributed by atoms with Gasteiger partial charge in [0.25, 0.3) is 5.69 Å². The third kappa shape index (κ3) is 3.09. The average Bonchev–Trinajstić information content (AvgIpc) is 3.12. The van der Waals surface area contributed by atoms with Gasteiger partial charge in [0, 0.05) is 30.9 Å². The van der Waals surface area contributed by atoms with E-state index >= 15 is 0 Å². The number of nitro benzene ring substituents is 1. The van der Waals surface area contributed by atoms with E-state index in [1.54, 1.807) is 13.0 Å². The Morgan fingerprint density at radius 1 is 1.48 bits per heavy atom. The number of carbonyl (C=O) groups excluding carboxylic acids is 1. The number of hydrogen-bond acceptors (Lipinski definition) is 5. The highest BCUT2D eigenvalue weighted by Gasteiger charge is 2.55. The number of carbonyl (C=O) groups is 2. The second-order valence-electron chi connectivity index (χ2n) is 6.95. The molecular formula is C17H21N3O5. The molecule has 2 aliphatic rings. The van der Waals surface area contributed by atoms with Gasteiger partial charge in [-0.2, -0.15) is 0 Å². The molecule has 1 aromatic carbocycles. The molecule has 0 bridgehead atoms. The summed E-state index contributed by atoms with van der Waals surface area (Å²) in [5.74, 6) is -0.983. The highest BCUT2D eigenvalue weighted by molar-refractivity contribution is 5.95. The molecule has 1 saturated carbocycles. The number of carboxylic acid groups (broad SMARTS) is 1. The molecule has 8 nitrogen and oxygen atoms in total. The predicted molar refractivity (Wildman–Crippen MR) is 90.2 cm³/mol. The van der Waals surface area contributed by atoms with Gasteiger partial charge >= 0.3 is 5.97 Å². The summed E-state index contributed by atoms with van der Waals surface area (Å²) in [6, 6.07) is 5.27. The minimum Gasteiger partial charge on any atom is -0.481 e. The standard InChI is InChI=1S/C17H21N3O5/c1-11(15(21)18-13-5-2-6-14(8-13)20(24)25)19-9-12-4-3-7-17(12,10-19)16(22)23/h2,5-6,8,11-12H,3-4,7,9-10H2,1H3,(H,18,21)(H,22,23)/t11?,12-,17+/m0/s1. The number of non-ortho nitro benzene ring substituents is 1. The molecule has 1 unspecified atom stereocenters. The van der Waals surface area contributed by atoms with Crippen LogP contribution in [0.25, 0.3) is 0 Å². The molecule has 25 heavy (non-hydrogen) atoms. The molecule has 3 atom stereocenters. The molecule has 8 heteroatoms. The van der Waals surface area contributed by atoms with Crippen molar-refractivity contribution in [3.05, 3.63) is 34.4 Å². The van der Waals surface area contributed by atoms with Crippen LogP contribution in [0.15, 0.2) is 24.3 Å². The number of likely N-dealkylation sites (tertiary alicyclic amines) is 1. The first-order valence-corrected chi connectivity index (χ1v) is 8.36. The first-order chi connectivity index (χ1) is 11.8. The van der Waals surface area contributed by atoms with Crippen LogP contribution in [0.3, 0.4) is 0 Å². The summed E-state index contributed by atoms with van der Waals surface area (Å²) in [4.78, 5) is 36.5. The van der Waals surface area contributed by atoms with E-state index in [4.69, 9.17) is 0 Å². The van der Waals surface area contributed by atoms with E-state index in [9.17, 15) is 24.8 Å². The molecule has 0 radical (unpaired) electrons. The molecule has 0 spiro atoms. The van der Waals surface area contributed by atoms with Crippen LogP contribution < -0.4 is 5.32 Å². The number of benzene rings is 1. The van der Waals surface area contributed by atoms with Gasteiger partial charge in [0.2, 0.25) is 5.91 Å². The second kappa shape index (κ2) is 6.44. The minimum atomic E-state index is -0.774. The van der Waals surface area contributed by atoms with Gasteiger partial charge in [0.1, 0.15) is 0 Å². The maximum absolute atomic E-state index is 12.5. The molecule has 134 valence electrons. The van der Waals surface area contributed by atoms with E-state index < -0.39 is 22.3 Å². The smallest absolute Gasteiger partial charge is 0.311 e. The Balaban J connectivity index is 1.68. The number of nitro groups is 1. The van der Waals surface area contributed by atoms with Crippen molar-refractivity contribution in [3.63, 3.8) is 0 Å². The fraction of sp³-hybridized carbons (Fsp3) is 0.529. The lowest BCUT2D eigenvalue weighted by Crippen LogP contribution is -2.43. The maximum Gasteiger partial charge on any atom is 0.311 e. The van der Waals surface area contributed by atoms with Gasteiger partial charge in [0.15, 0.2) is 0 Å². The Hall–Kier alpha value is -2.48. The van der Waals surface area contributed by atoms with Crippen molar-refractivity contribution in [1.29, 1.82) is 0 Å². The summed E-state index contributed by atoms with van der Waals surface area (Å²) < 4.78 is 0. The normalized spacial score (nSPS) is 26.8. The molecule has 1 saturated heterocycles. The van der Waals surface area contributed by atoms with Gasteiger partial charge < -0.3 is 10.4 Å². The quantitative estimate of drug-likeness (QED) is 0.623. The minimum absolute atomic E-state index is 0.0815. The average molecular weight is 347 g/mol. The van der Waals surface area contributed by atoms with Crippen molar-refractivity contribution >= 4 is 23.3 Å². The lowest BCUT2D eigenvalue weighted by atomic mass is 9.81. The van der Waals surface area contributed by atoms with Crippen LogP contribution in [0, 0.1) is 21.4 Å². The Bertz CT molecular complexity index is 722. The second-order valence-corrected chi connectivity index (χ2v) is 6.95. The van der Waals surface area contributed by atoms with Crippen LogP contribution in [0.2, 0.25) is 0 Å². The highest BCUT2D eigenvalue weighted by Crippen LogP contribution is 2.49. The Labute approximate surface area is 145 Å². The number of amides is 1. The summed E-state index contributed by atoms with van der Waals surface area (Å²) in [5.41, 5.74) is -0.468. The summed E-state index contributed by atoms with van der Waals surface area (Å²) in [6.07, 6.45) is 2.45. The third-order valence-corrected chi connectivity index (χ3v) is 5.57. The summed E-state index contributed by atoms with van der Waals surface area (Å²) >= 11 is 0. The zero-order valence-electron chi connectivity index (χ0n) is 14.0. The lowest BCUT2D eigenvalue weighted by molar-refractivity contribution is -0.384. The lowest BCUT2D eigenvalue weighted by Gasteiger charge is -2.26. The Morgan fingerprint density at radius 3 is 2.88 bits per heavy atom. The number of nitrogens with zero attached hydrogens (tertiary/aromatic N) is 2. The molecule has 2 fully saturated rings. The number of nitrogens with one attached hydrogen (secondary N) is 1. The van der Waals surface area contributed by atoms with Crippen LogP contribution in [0.5, 0.6) is 0 Å². The van der Waals surface area contributed by atoms with Crippen molar-refractivity contribution in [2.75, 3.05) is 18.4 Å². The van der Waals surface area contributed by atoms with Gasteiger partial charge in [-0.25, -0.2) is 0 Å². The topological polar surface area (TPSA) is 113 Å². The van der Waals surface area contributed by atoms with Crippen LogP contribution >= 0.6 is 0 Å². The van der Waals surface area contributed by atoms with Crippen LogP contribution in [-0.2, 0) is 9.59 Å². The molecule has 3 rings (SSSR count). The van der Waals surface area contributed by atoms with Crippen LogP contribution in [0.4, 0.5) is 11.4 Å². The number of rotatable bonds is 5. The third-order valence-electron chi connectivity index (χ3n) is 5.57. The number of aliphatic carboxylic acids is 1. The molecule has 2 N–H and O–H groups in total. The van der Waals surface area contributed by atoms with Crippen molar-refractivity contribution in [2.24, 2.45) is 11.3 Å². The molecule has 1 aliphatic carbocycles. The molecule has 1 aromatic rings. The molecule has 1 heterocycles. The Morgan fingerprint density at radius 2 is 2.24 bits per heavy atom. The first kappa shape index (κ1) is 17.3. The zero-order valence-corrected chi connectivity index (χ0v) is 14.0. The van der Waals surface area contributed by atoms with E-state index in [2.05, 4.69) is 5.32 Å². The van der Waals surface area contributed by atoms with Crippen LogP contribution in [-0.4, -0.2) is 45.9 Å². The molecule has 1 aliphatic heterocycles. The number of carboxylic acids is 1. The van der Waals surface area contributed by atoms with Crippen molar-refractivity contribution in [1.82, 2.24) is 4.90 Å². The molecule has 0 aromatic heterocycles. The fourth-order valence-electron chi connectivity index (χ4n) is 4.08. The van der Waals surface area contributed by atoms with Gasteiger partial charge in [-0.15, -0.1) is 0 Å². The van der Waals surface area contributed by atoms with E-state index in [0.717, 1.165) is 12.8 Å². The predicted octanol–water partition coefficient (Wildman–Crippen LogP) is 2.11. The molecular weight excluding hydrogens is 326 g/mol. The van der Waals surface area contributed by atoms with E-state index in [0.29, 0.717) is 25.2 Å². The SMILES string of the molecule is CC(C(=O)Nc1cccc([N+](=O)[O-])c1)N1C[C@@H]2CCC[C@@]2(C(=O)O)C1. The maximum atomic E-state index is 12.5. The van der Waals surface area contributed by atoms with Crippen LogP contribution in [0.1, 0.15) is 26.2 Å².